The van der Waals surface area contributed by atoms with E-state index in [2.05, 4.69) is 16.4 Å². The van der Waals surface area contributed by atoms with E-state index < -0.39 is 18.5 Å². The molecule has 1 amide bonds. The van der Waals surface area contributed by atoms with Crippen LogP contribution < -0.4 is 5.32 Å². The average molecular weight is 382 g/mol. The summed E-state index contributed by atoms with van der Waals surface area (Å²) >= 11 is 1.30. The van der Waals surface area contributed by atoms with Gasteiger partial charge in [-0.05, 0) is 55.3 Å². The van der Waals surface area contributed by atoms with Crippen LogP contribution >= 0.6 is 11.3 Å². The van der Waals surface area contributed by atoms with Gasteiger partial charge in [-0.1, -0.05) is 12.1 Å². The van der Waals surface area contributed by atoms with Gasteiger partial charge in [0.05, 0.1) is 11.3 Å². The number of esters is 1. The van der Waals surface area contributed by atoms with Crippen molar-refractivity contribution >= 4 is 28.3 Å². The molecule has 3 aromatic rings. The molecule has 7 heteroatoms. The normalized spacial score (nSPS) is 10.4. The Kier molecular flexibility index (Phi) is 5.52. The van der Waals surface area contributed by atoms with Crippen LogP contribution in [0.15, 0.2) is 47.8 Å². The molecule has 2 aromatic carbocycles. The molecule has 0 fully saturated rings. The number of benzene rings is 2. The summed E-state index contributed by atoms with van der Waals surface area (Å²) < 4.78 is 4.97. The molecule has 0 spiro atoms. The van der Waals surface area contributed by atoms with Crippen LogP contribution in [-0.2, 0) is 9.53 Å². The Balaban J connectivity index is 1.57. The monoisotopic (exact) mass is 382 g/mol. The molecule has 0 radical (unpaired) electrons. The Morgan fingerprint density at radius 2 is 1.85 bits per heavy atom. The second-order valence-electron chi connectivity index (χ2n) is 6.01. The van der Waals surface area contributed by atoms with Crippen molar-refractivity contribution in [3.05, 3.63) is 64.5 Å². The minimum atomic E-state index is -0.639. The van der Waals surface area contributed by atoms with Crippen molar-refractivity contribution in [2.75, 3.05) is 11.9 Å². The Labute approximate surface area is 160 Å². The first-order chi connectivity index (χ1) is 12.9. The molecule has 0 unspecified atom stereocenters. The summed E-state index contributed by atoms with van der Waals surface area (Å²) in [6.07, 6.45) is 0. The van der Waals surface area contributed by atoms with Crippen LogP contribution in [0.2, 0.25) is 0 Å². The number of anilines is 1. The van der Waals surface area contributed by atoms with Crippen LogP contribution in [0.5, 0.6) is 5.75 Å². The summed E-state index contributed by atoms with van der Waals surface area (Å²) in [7, 11) is 0. The van der Waals surface area contributed by atoms with E-state index in [1.165, 1.54) is 46.7 Å². The van der Waals surface area contributed by atoms with E-state index in [1.54, 1.807) is 0 Å². The fraction of sp³-hybridized carbons (Fsp3) is 0.150. The van der Waals surface area contributed by atoms with Gasteiger partial charge in [0.1, 0.15) is 5.75 Å². The number of ether oxygens (including phenoxy) is 1. The van der Waals surface area contributed by atoms with E-state index in [0.29, 0.717) is 5.13 Å². The topological polar surface area (TPSA) is 88.5 Å². The largest absolute Gasteiger partial charge is 0.508 e. The Morgan fingerprint density at radius 3 is 2.56 bits per heavy atom. The second-order valence-corrected chi connectivity index (χ2v) is 6.87. The van der Waals surface area contributed by atoms with E-state index in [-0.39, 0.29) is 11.3 Å². The number of hydrogen-bond acceptors (Lipinski definition) is 6. The molecule has 27 heavy (non-hydrogen) atoms. The third-order valence-electron chi connectivity index (χ3n) is 3.99. The molecule has 0 aliphatic rings. The molecule has 0 saturated heterocycles. The average Bonchev–Trinajstić information content (AvgIpc) is 3.11. The zero-order valence-corrected chi connectivity index (χ0v) is 15.7. The highest BCUT2D eigenvalue weighted by atomic mass is 32.1. The number of aryl methyl sites for hydroxylation is 2. The van der Waals surface area contributed by atoms with Crippen LogP contribution in [0.4, 0.5) is 5.13 Å². The van der Waals surface area contributed by atoms with E-state index in [9.17, 15) is 14.7 Å². The third kappa shape index (κ3) is 4.71. The van der Waals surface area contributed by atoms with Crippen molar-refractivity contribution in [1.29, 1.82) is 0 Å². The molecule has 0 aliphatic carbocycles. The molecular weight excluding hydrogens is 364 g/mol. The first kappa shape index (κ1) is 18.6. The molecule has 0 aliphatic heterocycles. The van der Waals surface area contributed by atoms with Crippen LogP contribution in [0.1, 0.15) is 21.5 Å². The number of nitrogens with zero attached hydrogens (tertiary/aromatic N) is 1. The van der Waals surface area contributed by atoms with Gasteiger partial charge in [0.2, 0.25) is 0 Å². The predicted molar refractivity (Wildman–Crippen MR) is 104 cm³/mol. The molecule has 1 aromatic heterocycles. The summed E-state index contributed by atoms with van der Waals surface area (Å²) in [5.41, 5.74) is 4.39. The van der Waals surface area contributed by atoms with E-state index in [0.717, 1.165) is 11.3 Å². The van der Waals surface area contributed by atoms with Crippen LogP contribution in [-0.4, -0.2) is 28.6 Å². The maximum Gasteiger partial charge on any atom is 0.338 e. The van der Waals surface area contributed by atoms with Gasteiger partial charge < -0.3 is 9.84 Å². The highest BCUT2D eigenvalue weighted by molar-refractivity contribution is 7.14. The summed E-state index contributed by atoms with van der Waals surface area (Å²) in [6.45, 7) is 3.67. The van der Waals surface area contributed by atoms with Crippen molar-refractivity contribution in [1.82, 2.24) is 4.98 Å². The van der Waals surface area contributed by atoms with Crippen molar-refractivity contribution in [3.63, 3.8) is 0 Å². The number of hydrogen-bond donors (Lipinski definition) is 2. The van der Waals surface area contributed by atoms with Gasteiger partial charge >= 0.3 is 5.97 Å². The maximum atomic E-state index is 12.0. The van der Waals surface area contributed by atoms with Crippen LogP contribution in [0.3, 0.4) is 0 Å². The minimum Gasteiger partial charge on any atom is -0.508 e. The fourth-order valence-electron chi connectivity index (χ4n) is 2.33. The van der Waals surface area contributed by atoms with Gasteiger partial charge in [0, 0.05) is 10.9 Å². The van der Waals surface area contributed by atoms with Crippen LogP contribution in [0.25, 0.3) is 11.3 Å². The number of nitrogens with one attached hydrogen (secondary N) is 1. The molecule has 2 N–H and O–H groups in total. The molecule has 0 saturated carbocycles. The molecule has 0 atom stereocenters. The number of thiazole rings is 1. The quantitative estimate of drug-likeness (QED) is 0.653. The molecule has 3 rings (SSSR count). The number of aromatic nitrogens is 1. The lowest BCUT2D eigenvalue weighted by Gasteiger charge is -2.05. The number of carbonyl (C=O) groups is 2. The van der Waals surface area contributed by atoms with E-state index in [1.807, 2.05) is 31.4 Å². The molecule has 6 nitrogen and oxygen atoms in total. The lowest BCUT2D eigenvalue weighted by molar-refractivity contribution is -0.119. The first-order valence-corrected chi connectivity index (χ1v) is 9.09. The lowest BCUT2D eigenvalue weighted by atomic mass is 10.1. The zero-order valence-electron chi connectivity index (χ0n) is 14.9. The molecule has 0 bridgehead atoms. The number of aromatic hydroxyl groups is 1. The van der Waals surface area contributed by atoms with Gasteiger partial charge in [0.15, 0.2) is 11.7 Å². The molecule has 1 heterocycles. The third-order valence-corrected chi connectivity index (χ3v) is 4.75. The summed E-state index contributed by atoms with van der Waals surface area (Å²) in [5.74, 6) is -1.06. The SMILES string of the molecule is Cc1ccc(-c2csc(NC(=O)COC(=O)c3ccc(O)cc3)n2)cc1C. The summed E-state index contributed by atoms with van der Waals surface area (Å²) in [4.78, 5) is 28.3. The van der Waals surface area contributed by atoms with Crippen LogP contribution in [0, 0.1) is 13.8 Å². The van der Waals surface area contributed by atoms with Gasteiger partial charge in [-0.25, -0.2) is 9.78 Å². The highest BCUT2D eigenvalue weighted by Gasteiger charge is 2.12. The zero-order chi connectivity index (χ0) is 19.4. The smallest absolute Gasteiger partial charge is 0.338 e. The van der Waals surface area contributed by atoms with E-state index >= 15 is 0 Å². The van der Waals surface area contributed by atoms with Gasteiger partial charge in [-0.15, -0.1) is 11.3 Å². The van der Waals surface area contributed by atoms with Gasteiger partial charge in [-0.3, -0.25) is 10.1 Å². The number of amides is 1. The van der Waals surface area contributed by atoms with Crippen molar-refractivity contribution in [2.45, 2.75) is 13.8 Å². The Morgan fingerprint density at radius 1 is 1.11 bits per heavy atom. The number of phenols is 1. The van der Waals surface area contributed by atoms with E-state index in [4.69, 9.17) is 4.74 Å². The first-order valence-electron chi connectivity index (χ1n) is 8.21. The summed E-state index contributed by atoms with van der Waals surface area (Å²) in [5, 5.41) is 14.1. The Bertz CT molecular complexity index is 980. The maximum absolute atomic E-state index is 12.0. The lowest BCUT2D eigenvalue weighted by Crippen LogP contribution is -2.20. The molecular formula is C20H18N2O4S. The molecule has 138 valence electrons. The summed E-state index contributed by atoms with van der Waals surface area (Å²) in [6, 6.07) is 11.7. The number of carbonyl (C=O) groups excluding carboxylic acids is 2. The fourth-order valence-corrected chi connectivity index (χ4v) is 3.07. The van der Waals surface area contributed by atoms with Crippen molar-refractivity contribution < 1.29 is 19.4 Å². The Hall–Kier alpha value is -3.19. The number of phenolic OH excluding ortho intramolecular Hbond substituents is 1. The predicted octanol–water partition coefficient (Wildman–Crippen LogP) is 3.93. The van der Waals surface area contributed by atoms with Crippen molar-refractivity contribution in [2.24, 2.45) is 0 Å². The number of rotatable bonds is 5. The standard InChI is InChI=1S/C20H18N2O4S/c1-12-3-4-15(9-13(12)2)17-11-27-20(21-17)22-18(24)10-26-19(25)14-5-7-16(23)8-6-14/h3-9,11,23H,10H2,1-2H3,(H,21,22,24). The minimum absolute atomic E-state index is 0.0487. The van der Waals surface area contributed by atoms with Crippen molar-refractivity contribution in [3.8, 4) is 17.0 Å². The van der Waals surface area contributed by atoms with Gasteiger partial charge in [-0.2, -0.15) is 0 Å². The second kappa shape index (κ2) is 8.01. The highest BCUT2D eigenvalue weighted by Crippen LogP contribution is 2.26. The van der Waals surface area contributed by atoms with Gasteiger partial charge in [0.25, 0.3) is 5.91 Å².